The maximum atomic E-state index is 2.56. The summed E-state index contributed by atoms with van der Waals surface area (Å²) in [6, 6.07) is 0. The Hall–Kier alpha value is -0.0300. The topological polar surface area (TPSA) is 3.24 Å². The Balaban J connectivity index is 3.56. The van der Waals surface area contributed by atoms with Crippen molar-refractivity contribution in [1.29, 1.82) is 0 Å². The molecular formula is C5H12NP. The third kappa shape index (κ3) is 2.64. The summed E-state index contributed by atoms with van der Waals surface area (Å²) in [5, 5.41) is 0. The maximum Gasteiger partial charge on any atom is 0.00955 e. The highest BCUT2D eigenvalue weighted by Crippen LogP contribution is 1.98. The average Bonchev–Trinajstić information content (AvgIpc) is 1.65. The standard InChI is InChI=1S/C5H12NP/c1-5(4-7)6(2)3/h4H,7H2,1-3H3/b5-4+. The van der Waals surface area contributed by atoms with Crippen LogP contribution in [0.1, 0.15) is 6.92 Å². The number of allylic oxidation sites excluding steroid dienone is 1. The first-order valence-electron chi connectivity index (χ1n) is 2.24. The SMILES string of the molecule is C/C(=C\P)N(C)C. The molecule has 0 aromatic carbocycles. The van der Waals surface area contributed by atoms with Crippen LogP contribution in [0.25, 0.3) is 0 Å². The molecule has 1 nitrogen and oxygen atoms in total. The number of nitrogens with zero attached hydrogens (tertiary/aromatic N) is 1. The second-order valence-corrected chi connectivity index (χ2v) is 2.04. The van der Waals surface area contributed by atoms with E-state index in [1.54, 1.807) is 0 Å². The van der Waals surface area contributed by atoms with Crippen LogP contribution in [0.4, 0.5) is 0 Å². The fourth-order valence-electron chi connectivity index (χ4n) is 0.149. The molecule has 0 bridgehead atoms. The molecule has 0 aliphatic heterocycles. The molecule has 0 heterocycles. The Morgan fingerprint density at radius 3 is 2.00 bits per heavy atom. The number of hydrogen-bond acceptors (Lipinski definition) is 1. The molecule has 7 heavy (non-hydrogen) atoms. The summed E-state index contributed by atoms with van der Waals surface area (Å²) in [5.41, 5.74) is 1.27. The van der Waals surface area contributed by atoms with Crippen molar-refractivity contribution in [2.45, 2.75) is 6.92 Å². The second kappa shape index (κ2) is 3.04. The Kier molecular flexibility index (Phi) is 3.02. The van der Waals surface area contributed by atoms with Gasteiger partial charge in [0.05, 0.1) is 0 Å². The minimum Gasteiger partial charge on any atom is -0.381 e. The van der Waals surface area contributed by atoms with Gasteiger partial charge in [0.2, 0.25) is 0 Å². The van der Waals surface area contributed by atoms with Gasteiger partial charge in [-0.1, -0.05) is 0 Å². The molecule has 0 saturated heterocycles. The van der Waals surface area contributed by atoms with Crippen LogP contribution in [0.15, 0.2) is 11.5 Å². The summed E-state index contributed by atoms with van der Waals surface area (Å²) in [6.07, 6.45) is 0. The van der Waals surface area contributed by atoms with E-state index < -0.39 is 0 Å². The monoisotopic (exact) mass is 117 g/mol. The zero-order valence-electron chi connectivity index (χ0n) is 5.10. The predicted molar refractivity (Wildman–Crippen MR) is 37.2 cm³/mol. The van der Waals surface area contributed by atoms with Crippen LogP contribution in [-0.2, 0) is 0 Å². The Bertz CT molecular complexity index is 76.1. The molecule has 1 atom stereocenters. The Morgan fingerprint density at radius 1 is 1.57 bits per heavy atom. The lowest BCUT2D eigenvalue weighted by Gasteiger charge is -2.10. The van der Waals surface area contributed by atoms with Crippen LogP contribution in [0.2, 0.25) is 0 Å². The Labute approximate surface area is 47.6 Å². The van der Waals surface area contributed by atoms with Gasteiger partial charge in [-0.3, -0.25) is 0 Å². The summed E-state index contributed by atoms with van der Waals surface area (Å²) in [5.74, 6) is 2.00. The van der Waals surface area contributed by atoms with Crippen molar-refractivity contribution in [2.75, 3.05) is 14.1 Å². The molecule has 0 spiro atoms. The van der Waals surface area contributed by atoms with Crippen molar-refractivity contribution < 1.29 is 0 Å². The van der Waals surface area contributed by atoms with Gasteiger partial charge in [0.1, 0.15) is 0 Å². The highest BCUT2D eigenvalue weighted by atomic mass is 31.0. The van der Waals surface area contributed by atoms with Crippen molar-refractivity contribution in [3.63, 3.8) is 0 Å². The minimum absolute atomic E-state index is 1.27. The molecule has 0 radical (unpaired) electrons. The van der Waals surface area contributed by atoms with Crippen molar-refractivity contribution in [1.82, 2.24) is 4.90 Å². The first-order valence-corrected chi connectivity index (χ1v) is 2.91. The van der Waals surface area contributed by atoms with Crippen LogP contribution >= 0.6 is 9.24 Å². The Morgan fingerprint density at radius 2 is 2.00 bits per heavy atom. The summed E-state index contributed by atoms with van der Waals surface area (Å²) in [7, 11) is 6.61. The van der Waals surface area contributed by atoms with E-state index in [0.717, 1.165) is 0 Å². The fourth-order valence-corrected chi connectivity index (χ4v) is 0.447. The lowest BCUT2D eigenvalue weighted by atomic mass is 10.5. The van der Waals surface area contributed by atoms with Gasteiger partial charge in [-0.25, -0.2) is 0 Å². The second-order valence-electron chi connectivity index (χ2n) is 1.70. The van der Waals surface area contributed by atoms with E-state index >= 15 is 0 Å². The van der Waals surface area contributed by atoms with E-state index in [1.807, 2.05) is 19.9 Å². The molecular weight excluding hydrogens is 105 g/mol. The van der Waals surface area contributed by atoms with Gasteiger partial charge in [0, 0.05) is 19.8 Å². The zero-order valence-corrected chi connectivity index (χ0v) is 6.26. The first-order chi connectivity index (χ1) is 3.18. The van der Waals surface area contributed by atoms with Crippen molar-refractivity contribution in [3.05, 3.63) is 11.5 Å². The third-order valence-electron chi connectivity index (χ3n) is 0.947. The minimum atomic E-state index is 1.27. The average molecular weight is 117 g/mol. The highest BCUT2D eigenvalue weighted by Gasteiger charge is 1.83. The third-order valence-corrected chi connectivity index (χ3v) is 1.43. The van der Waals surface area contributed by atoms with Crippen molar-refractivity contribution in [3.8, 4) is 0 Å². The van der Waals surface area contributed by atoms with Crippen LogP contribution in [0, 0.1) is 0 Å². The largest absolute Gasteiger partial charge is 0.381 e. The molecule has 0 aromatic rings. The van der Waals surface area contributed by atoms with Gasteiger partial charge >= 0.3 is 0 Å². The van der Waals surface area contributed by atoms with E-state index in [9.17, 15) is 0 Å². The molecule has 0 amide bonds. The zero-order chi connectivity index (χ0) is 5.86. The smallest absolute Gasteiger partial charge is 0.00955 e. The summed E-state index contributed by atoms with van der Waals surface area (Å²) in [4.78, 5) is 2.06. The molecule has 2 heteroatoms. The molecule has 0 fully saturated rings. The van der Waals surface area contributed by atoms with Crippen LogP contribution in [-0.4, -0.2) is 19.0 Å². The van der Waals surface area contributed by atoms with Gasteiger partial charge in [0.25, 0.3) is 0 Å². The number of hydrogen-bond donors (Lipinski definition) is 0. The molecule has 0 rings (SSSR count). The predicted octanol–water partition coefficient (Wildman–Crippen LogP) is 1.28. The van der Waals surface area contributed by atoms with Gasteiger partial charge in [0.15, 0.2) is 0 Å². The highest BCUT2D eigenvalue weighted by molar-refractivity contribution is 7.20. The molecule has 0 N–H and O–H groups in total. The van der Waals surface area contributed by atoms with E-state index in [-0.39, 0.29) is 0 Å². The van der Waals surface area contributed by atoms with E-state index in [4.69, 9.17) is 0 Å². The molecule has 1 unspecified atom stereocenters. The molecule has 42 valence electrons. The molecule has 0 aromatic heterocycles. The van der Waals surface area contributed by atoms with Crippen molar-refractivity contribution in [2.24, 2.45) is 0 Å². The van der Waals surface area contributed by atoms with Crippen molar-refractivity contribution >= 4 is 9.24 Å². The molecule has 0 saturated carbocycles. The number of rotatable bonds is 1. The lowest BCUT2D eigenvalue weighted by Crippen LogP contribution is -2.06. The van der Waals surface area contributed by atoms with Crippen LogP contribution < -0.4 is 0 Å². The first kappa shape index (κ1) is 6.97. The van der Waals surface area contributed by atoms with Gasteiger partial charge in [-0.05, 0) is 12.7 Å². The van der Waals surface area contributed by atoms with Crippen LogP contribution in [0.3, 0.4) is 0 Å². The summed E-state index contributed by atoms with van der Waals surface area (Å²) in [6.45, 7) is 2.06. The van der Waals surface area contributed by atoms with Gasteiger partial charge in [-0.15, -0.1) is 9.24 Å². The molecule has 0 aliphatic carbocycles. The molecule has 0 aliphatic rings. The van der Waals surface area contributed by atoms with E-state index in [2.05, 4.69) is 21.1 Å². The van der Waals surface area contributed by atoms with E-state index in [0.29, 0.717) is 0 Å². The lowest BCUT2D eigenvalue weighted by molar-refractivity contribution is 0.515. The van der Waals surface area contributed by atoms with Gasteiger partial charge in [-0.2, -0.15) is 0 Å². The summed E-state index contributed by atoms with van der Waals surface area (Å²) >= 11 is 0. The van der Waals surface area contributed by atoms with Crippen LogP contribution in [0.5, 0.6) is 0 Å². The van der Waals surface area contributed by atoms with E-state index in [1.165, 1.54) is 5.70 Å². The quantitative estimate of drug-likeness (QED) is 0.468. The summed E-state index contributed by atoms with van der Waals surface area (Å²) < 4.78 is 0. The van der Waals surface area contributed by atoms with Gasteiger partial charge < -0.3 is 4.90 Å². The normalized spacial score (nSPS) is 11.7. The maximum absolute atomic E-state index is 2.56. The fraction of sp³-hybridized carbons (Fsp3) is 0.600.